The number of pyridine rings is 1. The summed E-state index contributed by atoms with van der Waals surface area (Å²) in [5, 5.41) is -0.389. The Morgan fingerprint density at radius 1 is 1.10 bits per heavy atom. The number of rotatable bonds is 17. The molecule has 0 fully saturated rings. The molecule has 0 aliphatic carbocycles. The molecule has 1 heterocycles. The number of sulfonamides is 1. The molecule has 1 aromatic heterocycles. The van der Waals surface area contributed by atoms with Crippen LogP contribution in [0.25, 0.3) is 6.08 Å². The summed E-state index contributed by atoms with van der Waals surface area (Å²) in [6.07, 6.45) is 0.749. The van der Waals surface area contributed by atoms with Crippen molar-refractivity contribution in [3.05, 3.63) is 52.7 Å². The first-order valence-electron chi connectivity index (χ1n) is 12.4. The molecule has 1 N–H and O–H groups in total. The summed E-state index contributed by atoms with van der Waals surface area (Å²) < 4.78 is 86.8. The van der Waals surface area contributed by atoms with Gasteiger partial charge in [0.25, 0.3) is 5.91 Å². The van der Waals surface area contributed by atoms with Gasteiger partial charge in [-0.1, -0.05) is 31.4 Å². The Labute approximate surface area is 236 Å². The van der Waals surface area contributed by atoms with Gasteiger partial charge < -0.3 is 18.9 Å². The maximum Gasteiger partial charge on any atom is 0.417 e. The van der Waals surface area contributed by atoms with Gasteiger partial charge in [-0.15, -0.1) is 0 Å². The molecule has 1 aromatic carbocycles. The molecule has 9 nitrogen and oxygen atoms in total. The molecule has 2 aromatic rings. The number of amides is 1. The van der Waals surface area contributed by atoms with Gasteiger partial charge in [0.05, 0.1) is 31.1 Å². The topological polar surface area (TPSA) is 113 Å². The van der Waals surface area contributed by atoms with Crippen LogP contribution in [0.2, 0.25) is 5.02 Å². The van der Waals surface area contributed by atoms with Gasteiger partial charge >= 0.3 is 6.18 Å². The molecule has 0 bridgehead atoms. The van der Waals surface area contributed by atoms with Crippen LogP contribution in [0.5, 0.6) is 17.4 Å². The van der Waals surface area contributed by atoms with E-state index in [1.807, 2.05) is 11.6 Å². The first-order chi connectivity index (χ1) is 18.9. The number of hydrogen-bond acceptors (Lipinski definition) is 8. The summed E-state index contributed by atoms with van der Waals surface area (Å²) in [6, 6.07) is 5.23. The molecular weight excluding hydrogens is 577 g/mol. The van der Waals surface area contributed by atoms with Gasteiger partial charge in [0.15, 0.2) is 0 Å². The molecule has 0 spiro atoms. The summed E-state index contributed by atoms with van der Waals surface area (Å²) in [5.74, 6) is -0.957. The summed E-state index contributed by atoms with van der Waals surface area (Å²) in [5.41, 5.74) is -0.766. The summed E-state index contributed by atoms with van der Waals surface area (Å²) in [7, 11) is -2.23. The van der Waals surface area contributed by atoms with E-state index in [4.69, 9.17) is 30.5 Å². The number of ether oxygens (including phenoxy) is 4. The maximum atomic E-state index is 13.0. The van der Waals surface area contributed by atoms with Gasteiger partial charge in [0.2, 0.25) is 15.9 Å². The Morgan fingerprint density at radius 2 is 1.88 bits per heavy atom. The molecule has 2 rings (SSSR count). The lowest BCUT2D eigenvalue weighted by atomic mass is 10.1. The third-order valence-electron chi connectivity index (χ3n) is 5.15. The van der Waals surface area contributed by atoms with Gasteiger partial charge in [-0.2, -0.15) is 13.2 Å². The highest BCUT2D eigenvalue weighted by molar-refractivity contribution is 7.90. The number of aromatic nitrogens is 1. The number of nitrogens with zero attached hydrogens (tertiary/aromatic N) is 1. The van der Waals surface area contributed by atoms with Crippen LogP contribution in [-0.4, -0.2) is 58.6 Å². The van der Waals surface area contributed by atoms with Crippen LogP contribution >= 0.6 is 11.6 Å². The molecule has 0 unspecified atom stereocenters. The van der Waals surface area contributed by atoms with Crippen molar-refractivity contribution < 1.29 is 45.3 Å². The van der Waals surface area contributed by atoms with E-state index in [1.165, 1.54) is 18.2 Å². The van der Waals surface area contributed by atoms with Crippen LogP contribution < -0.4 is 14.2 Å². The second-order valence-electron chi connectivity index (χ2n) is 8.44. The molecule has 0 aliphatic rings. The molecule has 40 heavy (non-hydrogen) atoms. The zero-order valence-corrected chi connectivity index (χ0v) is 23.7. The highest BCUT2D eigenvalue weighted by atomic mass is 35.5. The number of nitrogens with one attached hydrogen (secondary N) is 1. The van der Waals surface area contributed by atoms with Gasteiger partial charge in [-0.3, -0.25) is 4.79 Å². The van der Waals surface area contributed by atoms with Crippen LogP contribution in [0, 0.1) is 0 Å². The number of unbranched alkanes of at least 4 members (excludes halogenated alkanes) is 2. The lowest BCUT2D eigenvalue weighted by molar-refractivity contribution is -0.137. The summed E-state index contributed by atoms with van der Waals surface area (Å²) in [4.78, 5) is 15.9. The summed E-state index contributed by atoms with van der Waals surface area (Å²) in [6.45, 7) is 3.58. The Balaban J connectivity index is 2.21. The van der Waals surface area contributed by atoms with E-state index in [0.29, 0.717) is 63.7 Å². The number of alkyl halides is 3. The number of benzene rings is 1. The molecule has 0 saturated carbocycles. The Hall–Kier alpha value is -2.87. The number of methoxy groups -OCH3 is 1. The van der Waals surface area contributed by atoms with E-state index in [0.717, 1.165) is 12.5 Å². The summed E-state index contributed by atoms with van der Waals surface area (Å²) >= 11 is 5.99. The number of carbonyl (C=O) groups excluding carboxylic acids is 1. The minimum absolute atomic E-state index is 0.0536. The smallest absolute Gasteiger partial charge is 0.417 e. The van der Waals surface area contributed by atoms with Crippen LogP contribution in [0.4, 0.5) is 13.2 Å². The predicted octanol–water partition coefficient (Wildman–Crippen LogP) is 5.63. The Kier molecular flexibility index (Phi) is 13.7. The average molecular weight is 609 g/mol. The third kappa shape index (κ3) is 12.1. The largest absolute Gasteiger partial charge is 0.493 e. The fourth-order valence-corrected chi connectivity index (χ4v) is 4.40. The van der Waals surface area contributed by atoms with Crippen molar-refractivity contribution in [2.45, 2.75) is 38.8 Å². The lowest BCUT2D eigenvalue weighted by Gasteiger charge is -2.14. The van der Waals surface area contributed by atoms with Gasteiger partial charge in [0.1, 0.15) is 16.5 Å². The average Bonchev–Trinajstić information content (AvgIpc) is 2.88. The lowest BCUT2D eigenvalue weighted by Crippen LogP contribution is -2.31. The minimum Gasteiger partial charge on any atom is -0.493 e. The van der Waals surface area contributed by atoms with Crippen molar-refractivity contribution in [2.75, 3.05) is 39.3 Å². The fourth-order valence-electron chi connectivity index (χ4n) is 3.13. The maximum absolute atomic E-state index is 13.0. The standard InChI is InChI=1S/C26H32ClF3N2O7S/c1-3-4-5-15-40(34,35)32-24(33)10-8-19-7-9-21(38-12-6-11-37-14-13-36-2)17-23(19)39-25-22(27)16-20(18-31-25)26(28,29)30/h7-10,16-18H,3-6,11-15H2,1-2H3,(H,32,33). The second-order valence-corrected chi connectivity index (χ2v) is 10.7. The van der Waals surface area contributed by atoms with E-state index in [9.17, 15) is 26.4 Å². The van der Waals surface area contributed by atoms with Crippen molar-refractivity contribution in [2.24, 2.45) is 0 Å². The van der Waals surface area contributed by atoms with E-state index in [1.54, 1.807) is 13.2 Å². The molecular formula is C26H32ClF3N2O7S. The number of carbonyl (C=O) groups is 1. The predicted molar refractivity (Wildman–Crippen MR) is 144 cm³/mol. The fraction of sp³-hybridized carbons (Fsp3) is 0.462. The van der Waals surface area contributed by atoms with Crippen LogP contribution in [0.1, 0.15) is 43.7 Å². The van der Waals surface area contributed by atoms with Gasteiger partial charge in [-0.25, -0.2) is 18.1 Å². The zero-order valence-electron chi connectivity index (χ0n) is 22.1. The molecule has 14 heteroatoms. The number of hydrogen-bond donors (Lipinski definition) is 1. The van der Waals surface area contributed by atoms with Gasteiger partial charge in [0, 0.05) is 44.0 Å². The molecule has 0 radical (unpaired) electrons. The van der Waals surface area contributed by atoms with Crippen molar-refractivity contribution in [3.8, 4) is 17.4 Å². The monoisotopic (exact) mass is 608 g/mol. The first-order valence-corrected chi connectivity index (χ1v) is 14.4. The van der Waals surface area contributed by atoms with E-state index < -0.39 is 27.7 Å². The van der Waals surface area contributed by atoms with Crippen molar-refractivity contribution in [1.82, 2.24) is 9.71 Å². The van der Waals surface area contributed by atoms with Crippen LogP contribution in [-0.2, 0) is 30.5 Å². The van der Waals surface area contributed by atoms with E-state index in [-0.39, 0.29) is 28.0 Å². The highest BCUT2D eigenvalue weighted by Crippen LogP contribution is 2.36. The normalized spacial score (nSPS) is 12.1. The van der Waals surface area contributed by atoms with Crippen molar-refractivity contribution in [1.29, 1.82) is 0 Å². The third-order valence-corrected chi connectivity index (χ3v) is 6.76. The Bertz CT molecular complexity index is 1240. The van der Waals surface area contributed by atoms with E-state index in [2.05, 4.69) is 4.98 Å². The van der Waals surface area contributed by atoms with E-state index >= 15 is 0 Å². The van der Waals surface area contributed by atoms with Crippen LogP contribution in [0.15, 0.2) is 36.5 Å². The molecule has 222 valence electrons. The SMILES string of the molecule is CCCCCS(=O)(=O)NC(=O)C=Cc1ccc(OCCCOCCOC)cc1Oc1ncc(C(F)(F)F)cc1Cl. The number of halogens is 4. The van der Waals surface area contributed by atoms with Crippen molar-refractivity contribution in [3.63, 3.8) is 0 Å². The molecule has 0 saturated heterocycles. The molecule has 1 amide bonds. The quantitative estimate of drug-likeness (QED) is 0.182. The Morgan fingerprint density at radius 3 is 2.55 bits per heavy atom. The molecule has 0 aliphatic heterocycles. The zero-order chi connectivity index (χ0) is 29.6. The molecule has 0 atom stereocenters. The van der Waals surface area contributed by atoms with Crippen molar-refractivity contribution >= 4 is 33.6 Å². The first kappa shape index (κ1) is 33.3. The van der Waals surface area contributed by atoms with Crippen LogP contribution in [0.3, 0.4) is 0 Å². The highest BCUT2D eigenvalue weighted by Gasteiger charge is 2.32. The minimum atomic E-state index is -4.64. The van der Waals surface area contributed by atoms with Gasteiger partial charge in [-0.05, 0) is 30.7 Å². The second kappa shape index (κ2) is 16.4.